The summed E-state index contributed by atoms with van der Waals surface area (Å²) in [6.07, 6.45) is 0.629. The van der Waals surface area contributed by atoms with Gasteiger partial charge in [0.2, 0.25) is 5.91 Å². The number of carbonyl (C=O) groups is 1. The second-order valence-electron chi connectivity index (χ2n) is 6.41. The molecule has 0 aliphatic carbocycles. The summed E-state index contributed by atoms with van der Waals surface area (Å²) in [5, 5.41) is 3.10. The Morgan fingerprint density at radius 1 is 0.885 bits per heavy atom. The van der Waals surface area contributed by atoms with Crippen molar-refractivity contribution in [1.29, 1.82) is 0 Å². The molecule has 0 spiro atoms. The fourth-order valence-electron chi connectivity index (χ4n) is 2.95. The van der Waals surface area contributed by atoms with Gasteiger partial charge in [-0.15, -0.1) is 0 Å². The van der Waals surface area contributed by atoms with Crippen LogP contribution >= 0.6 is 0 Å². The third kappa shape index (κ3) is 4.57. The van der Waals surface area contributed by atoms with Gasteiger partial charge in [-0.05, 0) is 36.1 Å². The first kappa shape index (κ1) is 17.9. The van der Waals surface area contributed by atoms with Crippen LogP contribution in [-0.2, 0) is 11.2 Å². The van der Waals surface area contributed by atoms with Crippen molar-refractivity contribution in [1.82, 2.24) is 5.32 Å². The number of benzene rings is 3. The predicted octanol–water partition coefficient (Wildman–Crippen LogP) is 4.97. The van der Waals surface area contributed by atoms with Gasteiger partial charge in [-0.25, -0.2) is 4.39 Å². The van der Waals surface area contributed by atoms with Gasteiger partial charge in [-0.3, -0.25) is 4.79 Å². The Labute approximate surface area is 153 Å². The lowest BCUT2D eigenvalue weighted by atomic mass is 9.97. The lowest BCUT2D eigenvalue weighted by molar-refractivity contribution is -0.121. The highest BCUT2D eigenvalue weighted by atomic mass is 19.1. The molecule has 0 bridgehead atoms. The summed E-state index contributed by atoms with van der Waals surface area (Å²) in [7, 11) is 0. The summed E-state index contributed by atoms with van der Waals surface area (Å²) in [6.45, 7) is 2.04. The lowest BCUT2D eigenvalue weighted by Gasteiger charge is -2.20. The second-order valence-corrected chi connectivity index (χ2v) is 6.41. The normalized spacial score (nSPS) is 11.8. The molecule has 3 aromatic carbocycles. The quantitative estimate of drug-likeness (QED) is 0.670. The van der Waals surface area contributed by atoms with Crippen LogP contribution in [0.25, 0.3) is 0 Å². The van der Waals surface area contributed by atoms with Crippen LogP contribution in [0.3, 0.4) is 0 Å². The number of rotatable bonds is 6. The van der Waals surface area contributed by atoms with Crippen LogP contribution < -0.4 is 5.32 Å². The van der Waals surface area contributed by atoms with Crippen LogP contribution in [0, 0.1) is 12.7 Å². The molecule has 1 unspecified atom stereocenters. The fraction of sp³-hybridized carbons (Fsp3) is 0.174. The minimum Gasteiger partial charge on any atom is -0.345 e. The molecule has 0 aromatic heterocycles. The maximum atomic E-state index is 13.7. The first-order valence-corrected chi connectivity index (χ1v) is 8.78. The molecule has 1 atom stereocenters. The minimum atomic E-state index is -0.265. The van der Waals surface area contributed by atoms with E-state index in [0.29, 0.717) is 12.0 Å². The van der Waals surface area contributed by atoms with Crippen molar-refractivity contribution in [3.63, 3.8) is 0 Å². The molecule has 132 valence electrons. The molecule has 0 saturated heterocycles. The first-order chi connectivity index (χ1) is 12.6. The summed E-state index contributed by atoms with van der Waals surface area (Å²) in [5.74, 6) is -0.360. The molecule has 3 aromatic rings. The van der Waals surface area contributed by atoms with Crippen molar-refractivity contribution in [2.45, 2.75) is 25.8 Å². The Morgan fingerprint density at radius 2 is 1.50 bits per heavy atom. The molecule has 0 fully saturated rings. The number of hydrogen-bond donors (Lipinski definition) is 1. The molecule has 0 heterocycles. The standard InChI is InChI=1S/C23H22FNO/c1-17-11-13-20(14-12-17)23(19-8-3-2-4-9-19)25-22(26)16-15-18-7-5-6-10-21(18)24/h2-14,23H,15-16H2,1H3,(H,25,26). The second kappa shape index (κ2) is 8.43. The van der Waals surface area contributed by atoms with E-state index in [0.717, 1.165) is 11.1 Å². The van der Waals surface area contributed by atoms with Gasteiger partial charge >= 0.3 is 0 Å². The van der Waals surface area contributed by atoms with Gasteiger partial charge in [-0.1, -0.05) is 78.4 Å². The maximum absolute atomic E-state index is 13.7. The van der Waals surface area contributed by atoms with E-state index in [4.69, 9.17) is 0 Å². The number of aryl methyl sites for hydroxylation is 2. The molecular weight excluding hydrogens is 325 g/mol. The van der Waals surface area contributed by atoms with Crippen LogP contribution in [0.15, 0.2) is 78.9 Å². The zero-order valence-corrected chi connectivity index (χ0v) is 14.8. The summed E-state index contributed by atoms with van der Waals surface area (Å²) in [5.41, 5.74) is 3.79. The van der Waals surface area contributed by atoms with Gasteiger partial charge in [0.05, 0.1) is 6.04 Å². The molecule has 1 amide bonds. The topological polar surface area (TPSA) is 29.1 Å². The number of halogens is 1. The zero-order valence-electron chi connectivity index (χ0n) is 14.8. The zero-order chi connectivity index (χ0) is 18.4. The summed E-state index contributed by atoms with van der Waals surface area (Å²) >= 11 is 0. The SMILES string of the molecule is Cc1ccc(C(NC(=O)CCc2ccccc2F)c2ccccc2)cc1. The van der Waals surface area contributed by atoms with Gasteiger partial charge in [0.15, 0.2) is 0 Å². The molecule has 1 N–H and O–H groups in total. The molecule has 0 saturated carbocycles. The van der Waals surface area contributed by atoms with E-state index in [2.05, 4.69) is 5.32 Å². The summed E-state index contributed by atoms with van der Waals surface area (Å²) < 4.78 is 13.7. The molecule has 0 aliphatic rings. The largest absolute Gasteiger partial charge is 0.345 e. The Kier molecular flexibility index (Phi) is 5.80. The molecule has 0 radical (unpaired) electrons. The van der Waals surface area contributed by atoms with Crippen LogP contribution in [0.1, 0.15) is 34.7 Å². The monoisotopic (exact) mass is 347 g/mol. The van der Waals surface area contributed by atoms with Gasteiger partial charge < -0.3 is 5.32 Å². The average molecular weight is 347 g/mol. The van der Waals surface area contributed by atoms with Crippen molar-refractivity contribution in [3.8, 4) is 0 Å². The Bertz CT molecular complexity index is 859. The van der Waals surface area contributed by atoms with Crippen molar-refractivity contribution in [3.05, 3.63) is 107 Å². The highest BCUT2D eigenvalue weighted by Gasteiger charge is 2.17. The number of nitrogens with one attached hydrogen (secondary N) is 1. The highest BCUT2D eigenvalue weighted by molar-refractivity contribution is 5.77. The van der Waals surface area contributed by atoms with Crippen molar-refractivity contribution < 1.29 is 9.18 Å². The number of hydrogen-bond acceptors (Lipinski definition) is 1. The van der Waals surface area contributed by atoms with Crippen LogP contribution in [-0.4, -0.2) is 5.91 Å². The molecule has 26 heavy (non-hydrogen) atoms. The summed E-state index contributed by atoms with van der Waals surface area (Å²) in [6, 6.07) is 24.4. The van der Waals surface area contributed by atoms with Crippen LogP contribution in [0.2, 0.25) is 0 Å². The van der Waals surface area contributed by atoms with Crippen molar-refractivity contribution in [2.75, 3.05) is 0 Å². The van der Waals surface area contributed by atoms with E-state index >= 15 is 0 Å². The average Bonchev–Trinajstić information content (AvgIpc) is 2.67. The fourth-order valence-corrected chi connectivity index (χ4v) is 2.95. The van der Waals surface area contributed by atoms with E-state index in [9.17, 15) is 9.18 Å². The number of amides is 1. The highest BCUT2D eigenvalue weighted by Crippen LogP contribution is 2.22. The Hall–Kier alpha value is -2.94. The van der Waals surface area contributed by atoms with Gasteiger partial charge in [0.1, 0.15) is 5.82 Å². The third-order valence-corrected chi connectivity index (χ3v) is 4.43. The smallest absolute Gasteiger partial charge is 0.221 e. The molecule has 3 heteroatoms. The van der Waals surface area contributed by atoms with Gasteiger partial charge in [0, 0.05) is 6.42 Å². The van der Waals surface area contributed by atoms with Gasteiger partial charge in [0.25, 0.3) is 0 Å². The Morgan fingerprint density at radius 3 is 2.19 bits per heavy atom. The van der Waals surface area contributed by atoms with Gasteiger partial charge in [-0.2, -0.15) is 0 Å². The van der Waals surface area contributed by atoms with E-state index in [1.807, 2.05) is 61.5 Å². The van der Waals surface area contributed by atoms with E-state index < -0.39 is 0 Å². The Balaban J connectivity index is 1.74. The first-order valence-electron chi connectivity index (χ1n) is 8.78. The van der Waals surface area contributed by atoms with E-state index in [1.54, 1.807) is 18.2 Å². The van der Waals surface area contributed by atoms with E-state index in [-0.39, 0.29) is 24.2 Å². The minimum absolute atomic E-state index is 0.0947. The molecule has 2 nitrogen and oxygen atoms in total. The van der Waals surface area contributed by atoms with Crippen molar-refractivity contribution in [2.24, 2.45) is 0 Å². The number of carbonyl (C=O) groups excluding carboxylic acids is 1. The molecule has 3 rings (SSSR count). The molecule has 0 aliphatic heterocycles. The maximum Gasteiger partial charge on any atom is 0.221 e. The lowest BCUT2D eigenvalue weighted by Crippen LogP contribution is -2.29. The summed E-state index contributed by atoms with van der Waals surface area (Å²) in [4.78, 5) is 12.5. The van der Waals surface area contributed by atoms with Crippen molar-refractivity contribution >= 4 is 5.91 Å². The third-order valence-electron chi connectivity index (χ3n) is 4.43. The van der Waals surface area contributed by atoms with Crippen LogP contribution in [0.5, 0.6) is 0 Å². The van der Waals surface area contributed by atoms with E-state index in [1.165, 1.54) is 11.6 Å². The van der Waals surface area contributed by atoms with Crippen LogP contribution in [0.4, 0.5) is 4.39 Å². The predicted molar refractivity (Wildman–Crippen MR) is 102 cm³/mol. The molecular formula is C23H22FNO.